The molecular weight excluding hydrogens is 254 g/mol. The Morgan fingerprint density at radius 2 is 2.00 bits per heavy atom. The number of methoxy groups -OCH3 is 2. The van der Waals surface area contributed by atoms with E-state index in [0.29, 0.717) is 5.69 Å². The highest BCUT2D eigenvalue weighted by atomic mass is 35.5. The lowest BCUT2D eigenvalue weighted by atomic mass is 10.0. The van der Waals surface area contributed by atoms with E-state index in [-0.39, 0.29) is 11.8 Å². The van der Waals surface area contributed by atoms with Crippen LogP contribution in [0.3, 0.4) is 0 Å². The van der Waals surface area contributed by atoms with Crippen molar-refractivity contribution in [2.75, 3.05) is 25.4 Å². The first kappa shape index (κ1) is 15.0. The van der Waals surface area contributed by atoms with E-state index < -0.39 is 5.79 Å². The third-order valence-corrected chi connectivity index (χ3v) is 3.17. The van der Waals surface area contributed by atoms with Gasteiger partial charge in [-0.1, -0.05) is 18.2 Å². The van der Waals surface area contributed by atoms with Crippen molar-refractivity contribution in [3.63, 3.8) is 0 Å². The van der Waals surface area contributed by atoms with Gasteiger partial charge in [-0.05, 0) is 19.4 Å². The Morgan fingerprint density at radius 1 is 1.39 bits per heavy atom. The van der Waals surface area contributed by atoms with Gasteiger partial charge in [-0.3, -0.25) is 4.79 Å². The predicted octanol–water partition coefficient (Wildman–Crippen LogP) is 2.64. The number of ether oxygens (including phenoxy) is 2. The van der Waals surface area contributed by atoms with Crippen molar-refractivity contribution in [1.29, 1.82) is 0 Å². The molecule has 0 saturated carbocycles. The molecule has 0 saturated heterocycles. The molecule has 0 bridgehead atoms. The van der Waals surface area contributed by atoms with Gasteiger partial charge in [-0.15, -0.1) is 11.6 Å². The Morgan fingerprint density at radius 3 is 2.50 bits per heavy atom. The number of amides is 1. The zero-order chi connectivity index (χ0) is 13.8. The zero-order valence-corrected chi connectivity index (χ0v) is 11.8. The number of aryl methyl sites for hydroxylation is 1. The summed E-state index contributed by atoms with van der Waals surface area (Å²) in [5.41, 5.74) is 2.35. The number of nitrogens with one attached hydrogen (secondary N) is 1. The van der Waals surface area contributed by atoms with Gasteiger partial charge in [0.1, 0.15) is 5.88 Å². The fourth-order valence-electron chi connectivity index (χ4n) is 1.69. The average Bonchev–Trinajstić information content (AvgIpc) is 2.39. The highest BCUT2D eigenvalue weighted by Gasteiger charge is 2.29. The van der Waals surface area contributed by atoms with E-state index in [1.807, 2.05) is 25.1 Å². The van der Waals surface area contributed by atoms with Gasteiger partial charge in [0.05, 0.1) is 5.69 Å². The van der Waals surface area contributed by atoms with Crippen LogP contribution < -0.4 is 5.32 Å². The van der Waals surface area contributed by atoms with Crippen LogP contribution in [0.2, 0.25) is 0 Å². The van der Waals surface area contributed by atoms with E-state index in [2.05, 4.69) is 5.32 Å². The van der Waals surface area contributed by atoms with Gasteiger partial charge in [-0.2, -0.15) is 0 Å². The van der Waals surface area contributed by atoms with E-state index >= 15 is 0 Å². The monoisotopic (exact) mass is 271 g/mol. The van der Waals surface area contributed by atoms with Gasteiger partial charge in [0.2, 0.25) is 5.91 Å². The van der Waals surface area contributed by atoms with Crippen molar-refractivity contribution < 1.29 is 14.3 Å². The number of benzene rings is 1. The summed E-state index contributed by atoms with van der Waals surface area (Å²) in [5.74, 6) is -1.27. The Labute approximate surface area is 112 Å². The van der Waals surface area contributed by atoms with Crippen LogP contribution >= 0.6 is 11.6 Å². The Balaban J connectivity index is 3.27. The standard InChI is InChI=1S/C13H18ClNO3/c1-9-6-5-7-10(13(2,17-3)18-4)12(9)15-11(16)8-14/h5-7H,8H2,1-4H3,(H,15,16). The molecule has 4 nitrogen and oxygen atoms in total. The molecule has 0 radical (unpaired) electrons. The molecule has 1 aromatic carbocycles. The van der Waals surface area contributed by atoms with Crippen molar-refractivity contribution in [3.8, 4) is 0 Å². The lowest BCUT2D eigenvalue weighted by Gasteiger charge is -2.29. The second kappa shape index (κ2) is 6.18. The largest absolute Gasteiger partial charge is 0.349 e. The Bertz CT molecular complexity index is 430. The molecule has 18 heavy (non-hydrogen) atoms. The summed E-state index contributed by atoms with van der Waals surface area (Å²) in [4.78, 5) is 11.5. The van der Waals surface area contributed by atoms with E-state index in [4.69, 9.17) is 21.1 Å². The summed E-state index contributed by atoms with van der Waals surface area (Å²) >= 11 is 5.51. The topological polar surface area (TPSA) is 47.6 Å². The third-order valence-electron chi connectivity index (χ3n) is 2.93. The molecule has 0 unspecified atom stereocenters. The lowest BCUT2D eigenvalue weighted by molar-refractivity contribution is -0.201. The number of hydrogen-bond donors (Lipinski definition) is 1. The fourth-order valence-corrected chi connectivity index (χ4v) is 1.76. The summed E-state index contributed by atoms with van der Waals surface area (Å²) in [6, 6.07) is 5.64. The molecule has 5 heteroatoms. The van der Waals surface area contributed by atoms with E-state index in [9.17, 15) is 4.79 Å². The summed E-state index contributed by atoms with van der Waals surface area (Å²) in [5, 5.41) is 2.77. The van der Waals surface area contributed by atoms with Gasteiger partial charge in [0.25, 0.3) is 0 Å². The molecule has 0 aromatic heterocycles. The second-order valence-corrected chi connectivity index (χ2v) is 4.30. The molecule has 0 aliphatic heterocycles. The van der Waals surface area contributed by atoms with Crippen LogP contribution in [0.1, 0.15) is 18.1 Å². The summed E-state index contributed by atoms with van der Waals surface area (Å²) in [7, 11) is 3.11. The number of alkyl halides is 1. The zero-order valence-electron chi connectivity index (χ0n) is 11.0. The van der Waals surface area contributed by atoms with Gasteiger partial charge in [0.15, 0.2) is 5.79 Å². The molecule has 0 aliphatic rings. The highest BCUT2D eigenvalue weighted by Crippen LogP contribution is 2.33. The molecular formula is C13H18ClNO3. The van der Waals surface area contributed by atoms with Crippen molar-refractivity contribution in [1.82, 2.24) is 0 Å². The van der Waals surface area contributed by atoms with Crippen molar-refractivity contribution in [2.24, 2.45) is 0 Å². The Kier molecular flexibility index (Phi) is 5.14. The molecule has 1 amide bonds. The third kappa shape index (κ3) is 3.02. The summed E-state index contributed by atoms with van der Waals surface area (Å²) in [6.07, 6.45) is 0. The molecule has 100 valence electrons. The second-order valence-electron chi connectivity index (χ2n) is 4.03. The van der Waals surface area contributed by atoms with Crippen LogP contribution in [0.5, 0.6) is 0 Å². The SMILES string of the molecule is COC(C)(OC)c1cccc(C)c1NC(=O)CCl. The number of halogens is 1. The van der Waals surface area contributed by atoms with Crippen LogP contribution in [-0.2, 0) is 20.1 Å². The van der Waals surface area contributed by atoms with Crippen LogP contribution in [0.25, 0.3) is 0 Å². The van der Waals surface area contributed by atoms with Crippen LogP contribution in [0.15, 0.2) is 18.2 Å². The number of carbonyl (C=O) groups is 1. The predicted molar refractivity (Wildman–Crippen MR) is 71.9 cm³/mol. The first-order chi connectivity index (χ1) is 8.48. The Hall–Kier alpha value is -1.10. The van der Waals surface area contributed by atoms with Crippen molar-refractivity contribution in [2.45, 2.75) is 19.6 Å². The van der Waals surface area contributed by atoms with Gasteiger partial charge >= 0.3 is 0 Å². The van der Waals surface area contributed by atoms with E-state index in [1.165, 1.54) is 0 Å². The van der Waals surface area contributed by atoms with Crippen molar-refractivity contribution >= 4 is 23.2 Å². The fraction of sp³-hybridized carbons (Fsp3) is 0.462. The first-order valence-corrected chi connectivity index (χ1v) is 6.08. The minimum atomic E-state index is -0.916. The van der Waals surface area contributed by atoms with Crippen LogP contribution in [0, 0.1) is 6.92 Å². The molecule has 0 heterocycles. The maximum absolute atomic E-state index is 11.5. The number of rotatable bonds is 5. The van der Waals surface area contributed by atoms with Crippen molar-refractivity contribution in [3.05, 3.63) is 29.3 Å². The van der Waals surface area contributed by atoms with E-state index in [1.54, 1.807) is 21.1 Å². The molecule has 1 aromatic rings. The highest BCUT2D eigenvalue weighted by molar-refractivity contribution is 6.29. The average molecular weight is 272 g/mol. The van der Waals surface area contributed by atoms with E-state index in [0.717, 1.165) is 11.1 Å². The van der Waals surface area contributed by atoms with Gasteiger partial charge in [-0.25, -0.2) is 0 Å². The smallest absolute Gasteiger partial charge is 0.239 e. The van der Waals surface area contributed by atoms with Crippen LogP contribution in [0.4, 0.5) is 5.69 Å². The molecule has 0 atom stereocenters. The number of anilines is 1. The number of carbonyl (C=O) groups excluding carboxylic acids is 1. The lowest BCUT2D eigenvalue weighted by Crippen LogP contribution is -2.29. The van der Waals surface area contributed by atoms with Gasteiger partial charge < -0.3 is 14.8 Å². The van der Waals surface area contributed by atoms with Crippen LogP contribution in [-0.4, -0.2) is 26.0 Å². The molecule has 1 N–H and O–H groups in total. The van der Waals surface area contributed by atoms with Gasteiger partial charge in [0, 0.05) is 19.8 Å². The normalized spacial score (nSPS) is 11.4. The number of hydrogen-bond acceptors (Lipinski definition) is 3. The molecule has 0 aliphatic carbocycles. The minimum Gasteiger partial charge on any atom is -0.349 e. The molecule has 0 spiro atoms. The quantitative estimate of drug-likeness (QED) is 0.662. The minimum absolute atomic E-state index is 0.0928. The maximum atomic E-state index is 11.5. The maximum Gasteiger partial charge on any atom is 0.239 e. The first-order valence-electron chi connectivity index (χ1n) is 5.54. The molecule has 1 rings (SSSR count). The summed E-state index contributed by atoms with van der Waals surface area (Å²) < 4.78 is 10.8. The number of para-hydroxylation sites is 1. The summed E-state index contributed by atoms with van der Waals surface area (Å²) in [6.45, 7) is 3.69. The molecule has 0 fully saturated rings.